The van der Waals surface area contributed by atoms with Gasteiger partial charge in [0.25, 0.3) is 0 Å². The summed E-state index contributed by atoms with van der Waals surface area (Å²) >= 11 is 0. The minimum Gasteiger partial charge on any atom is -0.455 e. The Balaban J connectivity index is 1.82. The quantitative estimate of drug-likeness (QED) is 0.584. The van der Waals surface area contributed by atoms with Gasteiger partial charge in [0, 0.05) is 6.20 Å². The summed E-state index contributed by atoms with van der Waals surface area (Å²) < 4.78 is 7.22. The van der Waals surface area contributed by atoms with E-state index >= 15 is 0 Å². The lowest BCUT2D eigenvalue weighted by atomic mass is 10.2. The summed E-state index contributed by atoms with van der Waals surface area (Å²) in [6.07, 6.45) is 11.0. The third kappa shape index (κ3) is 1.93. The molecule has 4 nitrogen and oxygen atoms in total. The van der Waals surface area contributed by atoms with E-state index in [1.165, 1.54) is 0 Å². The standard InChI is InChI=1S/C13H12N2O2/c16-13(17-12-3-1-2-4-12)10-5-6-15-9-14-8-11(15)7-10/h1,3,5-9,12H,2,4H2. The van der Waals surface area contributed by atoms with E-state index in [0.29, 0.717) is 5.56 Å². The van der Waals surface area contributed by atoms with Gasteiger partial charge < -0.3 is 9.14 Å². The van der Waals surface area contributed by atoms with Crippen molar-refractivity contribution >= 4 is 11.5 Å². The SMILES string of the molecule is O=C(OC1C=CCC1)c1ccn2cncc2c1. The van der Waals surface area contributed by atoms with Crippen molar-refractivity contribution in [1.29, 1.82) is 0 Å². The summed E-state index contributed by atoms with van der Waals surface area (Å²) in [5, 5.41) is 0. The maximum Gasteiger partial charge on any atom is 0.338 e. The largest absolute Gasteiger partial charge is 0.455 e. The molecule has 1 unspecified atom stereocenters. The van der Waals surface area contributed by atoms with Crippen LogP contribution in [-0.4, -0.2) is 21.5 Å². The number of fused-ring (bicyclic) bond motifs is 1. The number of esters is 1. The van der Waals surface area contributed by atoms with Crippen LogP contribution in [0.1, 0.15) is 23.2 Å². The summed E-state index contributed by atoms with van der Waals surface area (Å²) in [5.41, 5.74) is 1.46. The van der Waals surface area contributed by atoms with E-state index in [0.717, 1.165) is 18.4 Å². The Hall–Kier alpha value is -2.10. The van der Waals surface area contributed by atoms with Crippen molar-refractivity contribution in [2.24, 2.45) is 0 Å². The molecule has 86 valence electrons. The van der Waals surface area contributed by atoms with E-state index in [1.54, 1.807) is 24.7 Å². The molecule has 2 aromatic rings. The van der Waals surface area contributed by atoms with Crippen LogP contribution in [0.3, 0.4) is 0 Å². The van der Waals surface area contributed by atoms with Crippen LogP contribution in [0.25, 0.3) is 5.52 Å². The number of pyridine rings is 1. The number of imidazole rings is 1. The topological polar surface area (TPSA) is 43.6 Å². The molecular formula is C13H12N2O2. The Morgan fingerprint density at radius 2 is 2.47 bits per heavy atom. The number of allylic oxidation sites excluding steroid dienone is 1. The fourth-order valence-corrected chi connectivity index (χ4v) is 1.95. The van der Waals surface area contributed by atoms with Gasteiger partial charge >= 0.3 is 5.97 Å². The van der Waals surface area contributed by atoms with Crippen molar-refractivity contribution in [1.82, 2.24) is 9.38 Å². The molecule has 0 radical (unpaired) electrons. The first-order chi connectivity index (χ1) is 8.33. The summed E-state index contributed by atoms with van der Waals surface area (Å²) in [5.74, 6) is -0.273. The van der Waals surface area contributed by atoms with Gasteiger partial charge in [0.2, 0.25) is 0 Å². The fraction of sp³-hybridized carbons (Fsp3) is 0.231. The Bertz CT molecular complexity index is 586. The molecule has 2 aromatic heterocycles. The second kappa shape index (κ2) is 4.05. The molecule has 1 aliphatic rings. The summed E-state index contributed by atoms with van der Waals surface area (Å²) in [4.78, 5) is 15.9. The first-order valence-electron chi connectivity index (χ1n) is 5.62. The Labute approximate surface area is 98.5 Å². The molecule has 0 saturated heterocycles. The average molecular weight is 228 g/mol. The highest BCUT2D eigenvalue weighted by molar-refractivity contribution is 5.90. The van der Waals surface area contributed by atoms with Gasteiger partial charge in [-0.3, -0.25) is 0 Å². The van der Waals surface area contributed by atoms with Crippen LogP contribution in [0.4, 0.5) is 0 Å². The Kier molecular flexibility index (Phi) is 2.40. The van der Waals surface area contributed by atoms with Crippen LogP contribution < -0.4 is 0 Å². The van der Waals surface area contributed by atoms with Gasteiger partial charge in [-0.25, -0.2) is 9.78 Å². The molecule has 1 aliphatic carbocycles. The number of hydrogen-bond acceptors (Lipinski definition) is 3. The summed E-state index contributed by atoms with van der Waals surface area (Å²) in [7, 11) is 0. The van der Waals surface area contributed by atoms with E-state index in [2.05, 4.69) is 4.98 Å². The molecule has 0 amide bonds. The molecule has 4 heteroatoms. The molecule has 0 aliphatic heterocycles. The van der Waals surface area contributed by atoms with Crippen molar-refractivity contribution in [2.75, 3.05) is 0 Å². The van der Waals surface area contributed by atoms with Gasteiger partial charge in [-0.05, 0) is 31.1 Å². The van der Waals surface area contributed by atoms with Gasteiger partial charge in [-0.15, -0.1) is 0 Å². The van der Waals surface area contributed by atoms with Gasteiger partial charge in [0.1, 0.15) is 6.10 Å². The van der Waals surface area contributed by atoms with Crippen LogP contribution in [0.5, 0.6) is 0 Å². The van der Waals surface area contributed by atoms with E-state index in [9.17, 15) is 4.79 Å². The highest BCUT2D eigenvalue weighted by Crippen LogP contribution is 2.16. The molecule has 17 heavy (non-hydrogen) atoms. The number of carbonyl (C=O) groups is 1. The predicted molar refractivity (Wildman–Crippen MR) is 62.8 cm³/mol. The number of hydrogen-bond donors (Lipinski definition) is 0. The minimum absolute atomic E-state index is 0.0661. The van der Waals surface area contributed by atoms with Crippen LogP contribution in [-0.2, 0) is 4.74 Å². The van der Waals surface area contributed by atoms with Crippen molar-refractivity contribution in [3.05, 3.63) is 48.6 Å². The molecule has 0 bridgehead atoms. The monoisotopic (exact) mass is 228 g/mol. The molecule has 0 spiro atoms. The van der Waals surface area contributed by atoms with Crippen LogP contribution in [0, 0.1) is 0 Å². The number of ether oxygens (including phenoxy) is 1. The maximum atomic E-state index is 11.9. The fourth-order valence-electron chi connectivity index (χ4n) is 1.95. The molecule has 0 aromatic carbocycles. The average Bonchev–Trinajstić information content (AvgIpc) is 2.97. The number of carbonyl (C=O) groups excluding carboxylic acids is 1. The Morgan fingerprint density at radius 3 is 3.29 bits per heavy atom. The highest BCUT2D eigenvalue weighted by atomic mass is 16.5. The number of rotatable bonds is 2. The van der Waals surface area contributed by atoms with Gasteiger partial charge in [0.05, 0.1) is 23.6 Å². The molecule has 0 fully saturated rings. The molecule has 2 heterocycles. The van der Waals surface area contributed by atoms with Crippen LogP contribution in [0.15, 0.2) is 43.0 Å². The summed E-state index contributed by atoms with van der Waals surface area (Å²) in [6.45, 7) is 0. The lowest BCUT2D eigenvalue weighted by Gasteiger charge is -2.10. The van der Waals surface area contributed by atoms with Crippen molar-refractivity contribution in [2.45, 2.75) is 18.9 Å². The van der Waals surface area contributed by atoms with Crippen LogP contribution >= 0.6 is 0 Å². The maximum absolute atomic E-state index is 11.9. The third-order valence-corrected chi connectivity index (χ3v) is 2.88. The zero-order valence-electron chi connectivity index (χ0n) is 9.24. The second-order valence-corrected chi connectivity index (χ2v) is 4.09. The second-order valence-electron chi connectivity index (χ2n) is 4.09. The lowest BCUT2D eigenvalue weighted by molar-refractivity contribution is 0.0395. The van der Waals surface area contributed by atoms with Gasteiger partial charge in [-0.1, -0.05) is 6.08 Å². The molecule has 0 N–H and O–H groups in total. The predicted octanol–water partition coefficient (Wildman–Crippen LogP) is 2.21. The van der Waals surface area contributed by atoms with Crippen molar-refractivity contribution in [3.8, 4) is 0 Å². The number of aromatic nitrogens is 2. The highest BCUT2D eigenvalue weighted by Gasteiger charge is 2.16. The van der Waals surface area contributed by atoms with E-state index in [-0.39, 0.29) is 12.1 Å². The lowest BCUT2D eigenvalue weighted by Crippen LogP contribution is -2.14. The molecule has 3 rings (SSSR count). The summed E-state index contributed by atoms with van der Waals surface area (Å²) in [6, 6.07) is 3.53. The van der Waals surface area contributed by atoms with E-state index in [4.69, 9.17) is 4.74 Å². The molecule has 1 atom stereocenters. The minimum atomic E-state index is -0.273. The molecular weight excluding hydrogens is 216 g/mol. The van der Waals surface area contributed by atoms with Gasteiger partial charge in [0.15, 0.2) is 0 Å². The smallest absolute Gasteiger partial charge is 0.338 e. The van der Waals surface area contributed by atoms with Crippen molar-refractivity contribution in [3.63, 3.8) is 0 Å². The van der Waals surface area contributed by atoms with E-state index < -0.39 is 0 Å². The first-order valence-corrected chi connectivity index (χ1v) is 5.62. The normalized spacial score (nSPS) is 18.7. The van der Waals surface area contributed by atoms with E-state index in [1.807, 2.05) is 22.7 Å². The number of nitrogens with zero attached hydrogens (tertiary/aromatic N) is 2. The molecule has 0 saturated carbocycles. The zero-order chi connectivity index (χ0) is 11.7. The third-order valence-electron chi connectivity index (χ3n) is 2.88. The van der Waals surface area contributed by atoms with Gasteiger partial charge in [-0.2, -0.15) is 0 Å². The van der Waals surface area contributed by atoms with Crippen molar-refractivity contribution < 1.29 is 9.53 Å². The Morgan fingerprint density at radius 1 is 1.53 bits per heavy atom. The zero-order valence-corrected chi connectivity index (χ0v) is 9.24. The first kappa shape index (κ1) is 10.1. The van der Waals surface area contributed by atoms with Crippen LogP contribution in [0.2, 0.25) is 0 Å².